The number of hydrazone groups is 1. The van der Waals surface area contributed by atoms with Gasteiger partial charge in [-0.25, -0.2) is 5.43 Å². The molecular weight excluding hydrogens is 272 g/mol. The van der Waals surface area contributed by atoms with Gasteiger partial charge in [-0.2, -0.15) is 5.10 Å². The summed E-state index contributed by atoms with van der Waals surface area (Å²) in [5.41, 5.74) is 6.63. The molecule has 0 radical (unpaired) electrons. The number of amides is 1. The minimum absolute atomic E-state index is 0.134. The normalized spacial score (nSPS) is 11.6. The monoisotopic (exact) mass is 294 g/mol. The van der Waals surface area contributed by atoms with Gasteiger partial charge in [0, 0.05) is 5.56 Å². The number of nitrogens with zero attached hydrogens (tertiary/aromatic N) is 1. The van der Waals surface area contributed by atoms with Gasteiger partial charge >= 0.3 is 0 Å². The molecule has 1 N–H and O–H groups in total. The Morgan fingerprint density at radius 2 is 1.59 bits per heavy atom. The van der Waals surface area contributed by atoms with Crippen molar-refractivity contribution in [2.75, 3.05) is 0 Å². The van der Waals surface area contributed by atoms with Crippen molar-refractivity contribution >= 4 is 12.1 Å². The zero-order chi connectivity index (χ0) is 16.2. The van der Waals surface area contributed by atoms with E-state index < -0.39 is 0 Å². The van der Waals surface area contributed by atoms with Crippen molar-refractivity contribution in [2.45, 2.75) is 33.1 Å². The largest absolute Gasteiger partial charge is 0.271 e. The Kier molecular flexibility index (Phi) is 4.76. The minimum atomic E-state index is -0.206. The second-order valence-electron chi connectivity index (χ2n) is 6.44. The van der Waals surface area contributed by atoms with E-state index in [1.807, 2.05) is 31.2 Å². The van der Waals surface area contributed by atoms with Gasteiger partial charge in [-0.15, -0.1) is 0 Å². The fourth-order valence-electron chi connectivity index (χ4n) is 2.00. The summed E-state index contributed by atoms with van der Waals surface area (Å²) in [5, 5.41) is 4.01. The Labute approximate surface area is 132 Å². The summed E-state index contributed by atoms with van der Waals surface area (Å²) in [6, 6.07) is 15.6. The van der Waals surface area contributed by atoms with E-state index in [4.69, 9.17) is 0 Å². The van der Waals surface area contributed by atoms with Gasteiger partial charge in [0.2, 0.25) is 0 Å². The second kappa shape index (κ2) is 6.56. The van der Waals surface area contributed by atoms with Crippen molar-refractivity contribution in [3.8, 4) is 0 Å². The lowest BCUT2D eigenvalue weighted by atomic mass is 9.87. The Bertz CT molecular complexity index is 662. The van der Waals surface area contributed by atoms with Gasteiger partial charge in [-0.1, -0.05) is 62.7 Å². The Hall–Kier alpha value is -2.42. The highest BCUT2D eigenvalue weighted by Crippen LogP contribution is 2.21. The van der Waals surface area contributed by atoms with Crippen molar-refractivity contribution in [1.82, 2.24) is 5.43 Å². The third-order valence-corrected chi connectivity index (χ3v) is 3.47. The molecular formula is C19H22N2O. The van der Waals surface area contributed by atoms with Crippen LogP contribution in [0.3, 0.4) is 0 Å². The van der Waals surface area contributed by atoms with E-state index in [0.29, 0.717) is 5.56 Å². The Balaban J connectivity index is 1.97. The highest BCUT2D eigenvalue weighted by atomic mass is 16.2. The van der Waals surface area contributed by atoms with E-state index in [0.717, 1.165) is 11.1 Å². The predicted molar refractivity (Wildman–Crippen MR) is 91.4 cm³/mol. The molecule has 2 rings (SSSR count). The van der Waals surface area contributed by atoms with Crippen molar-refractivity contribution < 1.29 is 4.79 Å². The lowest BCUT2D eigenvalue weighted by molar-refractivity contribution is 0.0955. The molecule has 114 valence electrons. The first-order chi connectivity index (χ1) is 10.4. The summed E-state index contributed by atoms with van der Waals surface area (Å²) in [6.07, 6.45) is 1.65. The molecule has 2 aromatic carbocycles. The zero-order valence-electron chi connectivity index (χ0n) is 13.6. The van der Waals surface area contributed by atoms with Crippen LogP contribution in [0.4, 0.5) is 0 Å². The summed E-state index contributed by atoms with van der Waals surface area (Å²) in [6.45, 7) is 8.52. The molecule has 0 aliphatic rings. The molecule has 3 nitrogen and oxygen atoms in total. The molecule has 0 aliphatic carbocycles. The topological polar surface area (TPSA) is 41.5 Å². The average Bonchev–Trinajstić information content (AvgIpc) is 2.47. The van der Waals surface area contributed by atoms with Crippen LogP contribution in [0, 0.1) is 6.92 Å². The molecule has 0 saturated carbocycles. The average molecular weight is 294 g/mol. The van der Waals surface area contributed by atoms with Gasteiger partial charge in [-0.3, -0.25) is 4.79 Å². The summed E-state index contributed by atoms with van der Waals surface area (Å²) >= 11 is 0. The predicted octanol–water partition coefficient (Wildman–Crippen LogP) is 4.06. The van der Waals surface area contributed by atoms with E-state index in [1.54, 1.807) is 18.3 Å². The standard InChI is InChI=1S/C19H22N2O/c1-14-5-9-16(10-6-14)18(22)21-20-13-15-7-11-17(12-8-15)19(2,3)4/h5-13H,1-4H3,(H,21,22). The SMILES string of the molecule is Cc1ccc(C(=O)NN=Cc2ccc(C(C)(C)C)cc2)cc1. The smallest absolute Gasteiger partial charge is 0.267 e. The van der Waals surface area contributed by atoms with Crippen LogP contribution in [-0.2, 0) is 5.41 Å². The van der Waals surface area contributed by atoms with E-state index in [2.05, 4.69) is 43.4 Å². The molecule has 0 aliphatic heterocycles. The lowest BCUT2D eigenvalue weighted by Crippen LogP contribution is -2.17. The third kappa shape index (κ3) is 4.29. The number of nitrogens with one attached hydrogen (secondary N) is 1. The molecule has 0 saturated heterocycles. The molecule has 1 amide bonds. The molecule has 0 spiro atoms. The van der Waals surface area contributed by atoms with Gasteiger partial charge < -0.3 is 0 Å². The fourth-order valence-corrected chi connectivity index (χ4v) is 2.00. The summed E-state index contributed by atoms with van der Waals surface area (Å²) in [4.78, 5) is 11.9. The quantitative estimate of drug-likeness (QED) is 0.673. The Morgan fingerprint density at radius 3 is 2.14 bits per heavy atom. The molecule has 0 atom stereocenters. The molecule has 2 aromatic rings. The molecule has 0 aromatic heterocycles. The second-order valence-corrected chi connectivity index (χ2v) is 6.44. The van der Waals surface area contributed by atoms with Gasteiger partial charge in [0.05, 0.1) is 6.21 Å². The maximum absolute atomic E-state index is 11.9. The first-order valence-corrected chi connectivity index (χ1v) is 7.37. The summed E-state index contributed by atoms with van der Waals surface area (Å²) < 4.78 is 0. The van der Waals surface area contributed by atoms with Crippen LogP contribution in [0.15, 0.2) is 53.6 Å². The van der Waals surface area contributed by atoms with Crippen molar-refractivity contribution in [3.63, 3.8) is 0 Å². The first kappa shape index (κ1) is 16.0. The summed E-state index contributed by atoms with van der Waals surface area (Å²) in [5.74, 6) is -0.206. The van der Waals surface area contributed by atoms with E-state index in [1.165, 1.54) is 5.56 Å². The van der Waals surface area contributed by atoms with Gasteiger partial charge in [0.25, 0.3) is 5.91 Å². The summed E-state index contributed by atoms with van der Waals surface area (Å²) in [7, 11) is 0. The maximum Gasteiger partial charge on any atom is 0.271 e. The number of hydrogen-bond acceptors (Lipinski definition) is 2. The van der Waals surface area contributed by atoms with Crippen LogP contribution in [0.1, 0.15) is 47.8 Å². The van der Waals surface area contributed by atoms with Gasteiger partial charge in [-0.05, 0) is 35.6 Å². The number of rotatable bonds is 3. The van der Waals surface area contributed by atoms with Crippen LogP contribution in [0.25, 0.3) is 0 Å². The molecule has 22 heavy (non-hydrogen) atoms. The number of aryl methyl sites for hydroxylation is 1. The maximum atomic E-state index is 11.9. The molecule has 3 heteroatoms. The van der Waals surface area contributed by atoms with Gasteiger partial charge in [0.15, 0.2) is 0 Å². The molecule has 0 bridgehead atoms. The number of carbonyl (C=O) groups is 1. The third-order valence-electron chi connectivity index (χ3n) is 3.47. The van der Waals surface area contributed by atoms with Crippen molar-refractivity contribution in [2.24, 2.45) is 5.10 Å². The zero-order valence-corrected chi connectivity index (χ0v) is 13.6. The van der Waals surface area contributed by atoms with E-state index in [9.17, 15) is 4.79 Å². The molecule has 0 unspecified atom stereocenters. The van der Waals surface area contributed by atoms with Crippen LogP contribution in [0.5, 0.6) is 0 Å². The molecule has 0 fully saturated rings. The highest BCUT2D eigenvalue weighted by molar-refractivity contribution is 5.94. The number of carbonyl (C=O) groups excluding carboxylic acids is 1. The number of benzene rings is 2. The minimum Gasteiger partial charge on any atom is -0.267 e. The van der Waals surface area contributed by atoms with Crippen LogP contribution < -0.4 is 5.43 Å². The van der Waals surface area contributed by atoms with E-state index in [-0.39, 0.29) is 11.3 Å². The highest BCUT2D eigenvalue weighted by Gasteiger charge is 2.12. The number of hydrogen-bond donors (Lipinski definition) is 1. The van der Waals surface area contributed by atoms with Crippen molar-refractivity contribution in [1.29, 1.82) is 0 Å². The Morgan fingerprint density at radius 1 is 1.00 bits per heavy atom. The molecule has 0 heterocycles. The van der Waals surface area contributed by atoms with Crippen LogP contribution in [0.2, 0.25) is 0 Å². The van der Waals surface area contributed by atoms with Gasteiger partial charge in [0.1, 0.15) is 0 Å². The van der Waals surface area contributed by atoms with Crippen LogP contribution >= 0.6 is 0 Å². The van der Waals surface area contributed by atoms with Crippen LogP contribution in [-0.4, -0.2) is 12.1 Å². The first-order valence-electron chi connectivity index (χ1n) is 7.37. The van der Waals surface area contributed by atoms with Crippen molar-refractivity contribution in [3.05, 3.63) is 70.8 Å². The lowest BCUT2D eigenvalue weighted by Gasteiger charge is -2.18. The van der Waals surface area contributed by atoms with E-state index >= 15 is 0 Å². The fraction of sp³-hybridized carbons (Fsp3) is 0.263.